The van der Waals surface area contributed by atoms with Crippen LogP contribution in [0.1, 0.15) is 44.7 Å². The highest BCUT2D eigenvalue weighted by molar-refractivity contribution is 9.11. The molecule has 1 aliphatic rings. The van der Waals surface area contributed by atoms with E-state index in [-0.39, 0.29) is 11.4 Å². The van der Waals surface area contributed by atoms with Crippen LogP contribution < -0.4 is 4.74 Å². The average molecular weight is 337 g/mol. The Morgan fingerprint density at radius 2 is 2.20 bits per heavy atom. The third kappa shape index (κ3) is 2.69. The Kier molecular flexibility index (Phi) is 4.38. The highest BCUT2D eigenvalue weighted by Crippen LogP contribution is 2.51. The normalized spacial score (nSPS) is 27.9. The van der Waals surface area contributed by atoms with E-state index in [4.69, 9.17) is 4.74 Å². The van der Waals surface area contributed by atoms with Crippen molar-refractivity contribution in [2.24, 2.45) is 5.92 Å². The summed E-state index contributed by atoms with van der Waals surface area (Å²) in [5.74, 6) is 0.975. The first-order valence-electron chi connectivity index (χ1n) is 6.99. The molecule has 0 radical (unpaired) electrons. The summed E-state index contributed by atoms with van der Waals surface area (Å²) >= 11 is 3.51. The summed E-state index contributed by atoms with van der Waals surface area (Å²) in [6, 6.07) is 6.14. The van der Waals surface area contributed by atoms with Gasteiger partial charge >= 0.3 is 5.97 Å². The lowest BCUT2D eigenvalue weighted by molar-refractivity contribution is -0.131. The van der Waals surface area contributed by atoms with Gasteiger partial charge in [-0.25, -0.2) is 0 Å². The molecule has 0 N–H and O–H groups in total. The Morgan fingerprint density at radius 3 is 2.80 bits per heavy atom. The van der Waals surface area contributed by atoms with E-state index in [1.807, 2.05) is 18.0 Å². The summed E-state index contributed by atoms with van der Waals surface area (Å²) in [7, 11) is 0. The van der Waals surface area contributed by atoms with Gasteiger partial charge in [0, 0.05) is 17.9 Å². The van der Waals surface area contributed by atoms with E-state index in [1.54, 1.807) is 0 Å². The molecule has 108 valence electrons. The first kappa shape index (κ1) is 15.3. The summed E-state index contributed by atoms with van der Waals surface area (Å²) in [5, 5.41) is 0. The van der Waals surface area contributed by atoms with Crippen molar-refractivity contribution >= 4 is 21.9 Å². The number of ether oxygens (including phenoxy) is 1. The van der Waals surface area contributed by atoms with Gasteiger partial charge in [0.1, 0.15) is 5.75 Å². The molecule has 1 aromatic carbocycles. The third-order valence-electron chi connectivity index (χ3n) is 4.35. The zero-order valence-corrected chi connectivity index (χ0v) is 14.1. The van der Waals surface area contributed by atoms with Crippen molar-refractivity contribution in [3.63, 3.8) is 0 Å². The molecule has 0 amide bonds. The number of esters is 1. The van der Waals surface area contributed by atoms with E-state index < -0.39 is 0 Å². The maximum Gasteiger partial charge on any atom is 0.308 e. The molecule has 0 bridgehead atoms. The minimum absolute atomic E-state index is 0.0681. The fourth-order valence-corrected chi connectivity index (χ4v) is 4.15. The number of allylic oxidation sites excluding steroid dienone is 1. The molecule has 0 heterocycles. The molecule has 20 heavy (non-hydrogen) atoms. The van der Waals surface area contributed by atoms with E-state index in [1.165, 1.54) is 12.5 Å². The molecule has 0 aliphatic heterocycles. The Bertz CT molecular complexity index is 562. The smallest absolute Gasteiger partial charge is 0.308 e. The molecule has 0 aromatic heterocycles. The Morgan fingerprint density at radius 1 is 1.50 bits per heavy atom. The minimum Gasteiger partial charge on any atom is -0.426 e. The zero-order chi connectivity index (χ0) is 14.9. The van der Waals surface area contributed by atoms with Crippen LogP contribution in [0.5, 0.6) is 5.75 Å². The first-order valence-corrected chi connectivity index (χ1v) is 7.90. The van der Waals surface area contributed by atoms with E-state index in [0.717, 1.165) is 24.0 Å². The molecular formula is C17H21BrO2. The summed E-state index contributed by atoms with van der Waals surface area (Å²) in [6.45, 7) is 7.95. The molecule has 3 heteroatoms. The first-order chi connectivity index (χ1) is 9.38. The molecule has 2 atom stereocenters. The lowest BCUT2D eigenvalue weighted by Gasteiger charge is -2.29. The van der Waals surface area contributed by atoms with E-state index >= 15 is 0 Å². The Balaban J connectivity index is 2.54. The van der Waals surface area contributed by atoms with E-state index in [0.29, 0.717) is 11.7 Å². The molecule has 2 nitrogen and oxygen atoms in total. The van der Waals surface area contributed by atoms with Crippen LogP contribution in [0.4, 0.5) is 0 Å². The van der Waals surface area contributed by atoms with Crippen molar-refractivity contribution in [2.75, 3.05) is 0 Å². The molecule has 1 fully saturated rings. The fraction of sp³-hybridized carbons (Fsp3) is 0.471. The van der Waals surface area contributed by atoms with Crippen molar-refractivity contribution in [3.05, 3.63) is 39.9 Å². The number of carbonyl (C=O) groups excluding carboxylic acids is 1. The van der Waals surface area contributed by atoms with Crippen LogP contribution in [-0.4, -0.2) is 5.97 Å². The highest BCUT2D eigenvalue weighted by Gasteiger charge is 2.41. The molecule has 0 saturated heterocycles. The predicted octanol–water partition coefficient (Wildman–Crippen LogP) is 4.89. The van der Waals surface area contributed by atoms with Crippen molar-refractivity contribution < 1.29 is 9.53 Å². The van der Waals surface area contributed by atoms with Crippen LogP contribution in [-0.2, 0) is 10.2 Å². The van der Waals surface area contributed by atoms with Crippen LogP contribution in [0.25, 0.3) is 0 Å². The van der Waals surface area contributed by atoms with Crippen molar-refractivity contribution in [2.45, 2.75) is 46.0 Å². The van der Waals surface area contributed by atoms with Gasteiger partial charge in [0.15, 0.2) is 0 Å². The van der Waals surface area contributed by atoms with E-state index in [2.05, 4.69) is 41.9 Å². The van der Waals surface area contributed by atoms with Crippen LogP contribution in [0, 0.1) is 12.8 Å². The second-order valence-electron chi connectivity index (χ2n) is 5.93. The molecule has 2 rings (SSSR count). The van der Waals surface area contributed by atoms with Gasteiger partial charge in [-0.2, -0.15) is 0 Å². The van der Waals surface area contributed by atoms with Crippen LogP contribution in [0.15, 0.2) is 28.8 Å². The topological polar surface area (TPSA) is 26.3 Å². The number of aryl methyl sites for hydroxylation is 1. The standard InChI is InChI=1S/C17H21BrO2/c1-11-5-6-14(16(9-11)20-13(3)19)17(4)8-7-12(2)15(17)10-18/h5-6,9-10,12H,7-8H2,1-4H3/b15-10+/t12-,17-/m0/s1. The minimum atomic E-state index is -0.268. The maximum absolute atomic E-state index is 11.4. The molecule has 1 aromatic rings. The lowest BCUT2D eigenvalue weighted by atomic mass is 9.76. The number of benzene rings is 1. The van der Waals surface area contributed by atoms with Crippen LogP contribution in [0.2, 0.25) is 0 Å². The second-order valence-corrected chi connectivity index (χ2v) is 6.39. The summed E-state index contributed by atoms with van der Waals surface area (Å²) in [5.41, 5.74) is 3.51. The van der Waals surface area contributed by atoms with Gasteiger partial charge in [-0.15, -0.1) is 0 Å². The Labute approximate surface area is 129 Å². The second kappa shape index (κ2) is 5.72. The summed E-state index contributed by atoms with van der Waals surface area (Å²) in [4.78, 5) is 13.4. The molecule has 1 saturated carbocycles. The lowest BCUT2D eigenvalue weighted by Crippen LogP contribution is -2.22. The van der Waals surface area contributed by atoms with Gasteiger partial charge in [-0.05, 0) is 42.3 Å². The molecule has 1 aliphatic carbocycles. The summed E-state index contributed by atoms with van der Waals surface area (Å²) < 4.78 is 5.45. The monoisotopic (exact) mass is 336 g/mol. The molecule has 0 spiro atoms. The van der Waals surface area contributed by atoms with Gasteiger partial charge in [-0.1, -0.05) is 47.5 Å². The van der Waals surface area contributed by atoms with Gasteiger partial charge < -0.3 is 4.74 Å². The highest BCUT2D eigenvalue weighted by atomic mass is 79.9. The molecule has 0 unspecified atom stereocenters. The van der Waals surface area contributed by atoms with Crippen LogP contribution >= 0.6 is 15.9 Å². The fourth-order valence-electron chi connectivity index (χ4n) is 3.19. The van der Waals surface area contributed by atoms with Gasteiger partial charge in [-0.3, -0.25) is 4.79 Å². The van der Waals surface area contributed by atoms with Gasteiger partial charge in [0.2, 0.25) is 0 Å². The Hall–Kier alpha value is -1.09. The van der Waals surface area contributed by atoms with E-state index in [9.17, 15) is 4.79 Å². The van der Waals surface area contributed by atoms with Gasteiger partial charge in [0.25, 0.3) is 0 Å². The van der Waals surface area contributed by atoms with Crippen LogP contribution in [0.3, 0.4) is 0 Å². The number of halogens is 1. The average Bonchev–Trinajstić information content (AvgIpc) is 2.64. The predicted molar refractivity (Wildman–Crippen MR) is 85.2 cm³/mol. The number of carbonyl (C=O) groups is 1. The number of rotatable bonds is 2. The third-order valence-corrected chi connectivity index (χ3v) is 4.84. The van der Waals surface area contributed by atoms with Crippen molar-refractivity contribution in [1.82, 2.24) is 0 Å². The van der Waals surface area contributed by atoms with Crippen molar-refractivity contribution in [1.29, 1.82) is 0 Å². The SMILES string of the molecule is CC(=O)Oc1cc(C)ccc1[C@]1(C)CC[C@H](C)/C1=C\Br. The quantitative estimate of drug-likeness (QED) is 0.567. The largest absolute Gasteiger partial charge is 0.426 e. The maximum atomic E-state index is 11.4. The number of hydrogen-bond acceptors (Lipinski definition) is 2. The molecular weight excluding hydrogens is 316 g/mol. The summed E-state index contributed by atoms with van der Waals surface area (Å²) in [6.07, 6.45) is 2.23. The number of hydrogen-bond donors (Lipinski definition) is 0. The zero-order valence-electron chi connectivity index (χ0n) is 12.5. The van der Waals surface area contributed by atoms with Gasteiger partial charge in [0.05, 0.1) is 0 Å². The van der Waals surface area contributed by atoms with Crippen molar-refractivity contribution in [3.8, 4) is 5.75 Å².